The lowest BCUT2D eigenvalue weighted by atomic mass is 9.87. The van der Waals surface area contributed by atoms with Crippen molar-refractivity contribution in [1.29, 1.82) is 0 Å². The molecule has 6 nitrogen and oxygen atoms in total. The van der Waals surface area contributed by atoms with Crippen molar-refractivity contribution in [3.05, 3.63) is 59.7 Å². The van der Waals surface area contributed by atoms with Gasteiger partial charge in [-0.15, -0.1) is 0 Å². The van der Waals surface area contributed by atoms with E-state index in [-0.39, 0.29) is 35.9 Å². The van der Waals surface area contributed by atoms with Gasteiger partial charge in [0.05, 0.1) is 4.90 Å². The molecule has 0 radical (unpaired) electrons. The van der Waals surface area contributed by atoms with Crippen LogP contribution in [-0.2, 0) is 20.2 Å². The summed E-state index contributed by atoms with van der Waals surface area (Å²) in [6, 6.07) is 14.2. The number of sulfonamides is 1. The maximum atomic E-state index is 12.3. The molecule has 0 heterocycles. The zero-order valence-electron chi connectivity index (χ0n) is 16.8. The molecule has 0 aliphatic carbocycles. The van der Waals surface area contributed by atoms with Gasteiger partial charge in [-0.05, 0) is 42.2 Å². The number of carbonyl (C=O) groups is 1. The van der Waals surface area contributed by atoms with Crippen molar-refractivity contribution in [2.24, 2.45) is 0 Å². The van der Waals surface area contributed by atoms with Crippen LogP contribution in [0.1, 0.15) is 31.9 Å². The minimum absolute atomic E-state index is 0.0410. The van der Waals surface area contributed by atoms with Gasteiger partial charge in [-0.2, -0.15) is 0 Å². The maximum Gasteiger partial charge on any atom is 0.257 e. The van der Waals surface area contributed by atoms with Crippen molar-refractivity contribution in [3.63, 3.8) is 0 Å². The fourth-order valence-corrected chi connectivity index (χ4v) is 3.47. The number of ether oxygens (including phenoxy) is 1. The molecule has 28 heavy (non-hydrogen) atoms. The Hall–Kier alpha value is -2.38. The van der Waals surface area contributed by atoms with Crippen molar-refractivity contribution in [2.75, 3.05) is 19.7 Å². The number of hydrogen-bond donors (Lipinski definition) is 2. The van der Waals surface area contributed by atoms with Gasteiger partial charge in [0.2, 0.25) is 10.0 Å². The number of benzene rings is 2. The molecular formula is C21H28N2O4S. The van der Waals surface area contributed by atoms with Crippen LogP contribution >= 0.6 is 0 Å². The number of aryl methyl sites for hydroxylation is 1. The molecule has 0 saturated heterocycles. The molecule has 0 unspecified atom stereocenters. The molecule has 2 N–H and O–H groups in total. The van der Waals surface area contributed by atoms with Crippen LogP contribution in [0, 0.1) is 6.92 Å². The molecule has 0 aromatic heterocycles. The van der Waals surface area contributed by atoms with Gasteiger partial charge in [0.15, 0.2) is 6.61 Å². The zero-order valence-corrected chi connectivity index (χ0v) is 17.6. The monoisotopic (exact) mass is 404 g/mol. The van der Waals surface area contributed by atoms with Crippen molar-refractivity contribution >= 4 is 15.9 Å². The Morgan fingerprint density at radius 1 is 0.964 bits per heavy atom. The maximum absolute atomic E-state index is 12.3. The lowest BCUT2D eigenvalue weighted by Gasteiger charge is -2.19. The Balaban J connectivity index is 1.75. The third-order valence-corrected chi connectivity index (χ3v) is 5.64. The summed E-state index contributed by atoms with van der Waals surface area (Å²) in [6.07, 6.45) is 0. The first-order valence-electron chi connectivity index (χ1n) is 9.14. The summed E-state index contributed by atoms with van der Waals surface area (Å²) in [5.74, 6) is 0.300. The molecule has 0 bridgehead atoms. The second-order valence-electron chi connectivity index (χ2n) is 7.62. The largest absolute Gasteiger partial charge is 0.484 e. The lowest BCUT2D eigenvalue weighted by molar-refractivity contribution is -0.123. The van der Waals surface area contributed by atoms with Crippen LogP contribution < -0.4 is 14.8 Å². The third-order valence-electron chi connectivity index (χ3n) is 4.16. The Kier molecular flexibility index (Phi) is 7.21. The van der Waals surface area contributed by atoms with Gasteiger partial charge in [-0.3, -0.25) is 4.79 Å². The summed E-state index contributed by atoms with van der Waals surface area (Å²) in [6.45, 7) is 8.33. The first-order valence-corrected chi connectivity index (χ1v) is 10.6. The summed E-state index contributed by atoms with van der Waals surface area (Å²) in [4.78, 5) is 12.0. The molecule has 0 fully saturated rings. The molecule has 7 heteroatoms. The van der Waals surface area contributed by atoms with Gasteiger partial charge >= 0.3 is 0 Å². The quantitative estimate of drug-likeness (QED) is 0.663. The lowest BCUT2D eigenvalue weighted by Crippen LogP contribution is -2.36. The highest BCUT2D eigenvalue weighted by Gasteiger charge is 2.17. The van der Waals surface area contributed by atoms with Crippen molar-refractivity contribution in [2.45, 2.75) is 38.0 Å². The molecule has 1 amide bonds. The summed E-state index contributed by atoms with van der Waals surface area (Å²) in [5.41, 5.74) is 2.13. The zero-order chi connectivity index (χ0) is 20.8. The molecule has 2 rings (SSSR count). The van der Waals surface area contributed by atoms with Crippen molar-refractivity contribution in [1.82, 2.24) is 10.0 Å². The smallest absolute Gasteiger partial charge is 0.257 e. The van der Waals surface area contributed by atoms with Crippen LogP contribution in [0.2, 0.25) is 0 Å². The Morgan fingerprint density at radius 3 is 2.14 bits per heavy atom. The second kappa shape index (κ2) is 9.21. The van der Waals surface area contributed by atoms with Gasteiger partial charge in [-0.1, -0.05) is 50.6 Å². The number of amides is 1. The number of carbonyl (C=O) groups excluding carboxylic acids is 1. The second-order valence-corrected chi connectivity index (χ2v) is 9.39. The first kappa shape index (κ1) is 21.9. The highest BCUT2D eigenvalue weighted by atomic mass is 32.2. The van der Waals surface area contributed by atoms with E-state index < -0.39 is 10.0 Å². The average Bonchev–Trinajstić information content (AvgIpc) is 2.64. The van der Waals surface area contributed by atoms with Crippen molar-refractivity contribution in [3.8, 4) is 5.75 Å². The summed E-state index contributed by atoms with van der Waals surface area (Å²) in [5, 5.41) is 2.63. The molecule has 0 atom stereocenters. The summed E-state index contributed by atoms with van der Waals surface area (Å²) >= 11 is 0. The van der Waals surface area contributed by atoms with E-state index in [2.05, 4.69) is 30.8 Å². The number of nitrogens with one attached hydrogen (secondary N) is 2. The molecule has 2 aromatic carbocycles. The highest BCUT2D eigenvalue weighted by molar-refractivity contribution is 7.89. The topological polar surface area (TPSA) is 84.5 Å². The fraction of sp³-hybridized carbons (Fsp3) is 0.381. The van der Waals surface area contributed by atoms with E-state index in [1.54, 1.807) is 24.3 Å². The van der Waals surface area contributed by atoms with Gasteiger partial charge in [0, 0.05) is 13.1 Å². The number of hydrogen-bond acceptors (Lipinski definition) is 4. The fourth-order valence-electron chi connectivity index (χ4n) is 2.44. The Morgan fingerprint density at radius 2 is 1.57 bits per heavy atom. The predicted molar refractivity (Wildman–Crippen MR) is 110 cm³/mol. The van der Waals surface area contributed by atoms with E-state index in [1.165, 1.54) is 0 Å². The molecule has 152 valence electrons. The molecule has 0 spiro atoms. The van der Waals surface area contributed by atoms with Gasteiger partial charge in [0.1, 0.15) is 5.75 Å². The summed E-state index contributed by atoms with van der Waals surface area (Å²) in [7, 11) is -3.61. The van der Waals surface area contributed by atoms with E-state index in [0.29, 0.717) is 5.75 Å². The van der Waals surface area contributed by atoms with E-state index in [4.69, 9.17) is 4.74 Å². The standard InChI is InChI=1S/C21H28N2O4S/c1-16-5-9-18(10-6-16)27-15-20(24)22-13-14-23-28(25,26)19-11-7-17(8-12-19)21(2,3)4/h5-12,23H,13-15H2,1-4H3,(H,22,24). The van der Waals surface area contributed by atoms with E-state index in [0.717, 1.165) is 11.1 Å². The third kappa shape index (κ3) is 6.65. The van der Waals surface area contributed by atoms with Crippen LogP contribution in [0.25, 0.3) is 0 Å². The minimum atomic E-state index is -3.61. The van der Waals surface area contributed by atoms with Crippen LogP contribution in [0.15, 0.2) is 53.4 Å². The van der Waals surface area contributed by atoms with E-state index >= 15 is 0 Å². The first-order chi connectivity index (χ1) is 13.1. The molecule has 0 aliphatic heterocycles. The van der Waals surface area contributed by atoms with Gasteiger partial charge in [-0.25, -0.2) is 13.1 Å². The normalized spacial score (nSPS) is 11.9. The average molecular weight is 405 g/mol. The Bertz CT molecular complexity index is 883. The van der Waals surface area contributed by atoms with Gasteiger partial charge in [0.25, 0.3) is 5.91 Å². The minimum Gasteiger partial charge on any atom is -0.484 e. The van der Waals surface area contributed by atoms with Crippen LogP contribution in [0.3, 0.4) is 0 Å². The Labute approximate surface area is 167 Å². The van der Waals surface area contributed by atoms with Gasteiger partial charge < -0.3 is 10.1 Å². The van der Waals surface area contributed by atoms with Crippen LogP contribution in [0.5, 0.6) is 5.75 Å². The number of rotatable bonds is 8. The molecule has 0 saturated carbocycles. The highest BCUT2D eigenvalue weighted by Crippen LogP contribution is 2.23. The van der Waals surface area contributed by atoms with E-state index in [9.17, 15) is 13.2 Å². The molecule has 2 aromatic rings. The van der Waals surface area contributed by atoms with Crippen molar-refractivity contribution < 1.29 is 17.9 Å². The molecule has 0 aliphatic rings. The SMILES string of the molecule is Cc1ccc(OCC(=O)NCCNS(=O)(=O)c2ccc(C(C)(C)C)cc2)cc1. The molecular weight excluding hydrogens is 376 g/mol. The predicted octanol–water partition coefficient (Wildman–Crippen LogP) is 2.77. The van der Waals surface area contributed by atoms with Crippen LogP contribution in [0.4, 0.5) is 0 Å². The van der Waals surface area contributed by atoms with E-state index in [1.807, 2.05) is 31.2 Å². The summed E-state index contributed by atoms with van der Waals surface area (Å²) < 4.78 is 32.5. The van der Waals surface area contributed by atoms with Crippen LogP contribution in [-0.4, -0.2) is 34.0 Å².